The van der Waals surface area contributed by atoms with E-state index in [1.54, 1.807) is 42.3 Å². The first kappa shape index (κ1) is 22.7. The summed E-state index contributed by atoms with van der Waals surface area (Å²) in [5, 5.41) is 0. The van der Waals surface area contributed by atoms with Gasteiger partial charge in [0.05, 0.1) is 18.6 Å². The zero-order chi connectivity index (χ0) is 22.8. The van der Waals surface area contributed by atoms with Crippen molar-refractivity contribution in [1.29, 1.82) is 0 Å². The molecule has 0 aromatic heterocycles. The van der Waals surface area contributed by atoms with Gasteiger partial charge in [0.25, 0.3) is 5.91 Å². The van der Waals surface area contributed by atoms with Crippen molar-refractivity contribution >= 4 is 11.8 Å². The normalized spacial score (nSPS) is 18.7. The van der Waals surface area contributed by atoms with Crippen molar-refractivity contribution in [2.45, 2.75) is 19.0 Å². The number of alkyl halides is 3. The molecule has 8 heteroatoms. The van der Waals surface area contributed by atoms with Gasteiger partial charge in [-0.15, -0.1) is 0 Å². The Bertz CT molecular complexity index is 944. The summed E-state index contributed by atoms with van der Waals surface area (Å²) >= 11 is 0. The van der Waals surface area contributed by atoms with Crippen LogP contribution in [0.5, 0.6) is 5.75 Å². The minimum Gasteiger partial charge on any atom is -0.497 e. The van der Waals surface area contributed by atoms with Crippen LogP contribution in [0.4, 0.5) is 13.2 Å². The first-order valence-corrected chi connectivity index (χ1v) is 10.0. The predicted octanol–water partition coefficient (Wildman–Crippen LogP) is 4.05. The SMILES string of the molecule is CCN(C)C(=O)[C@H]1CN(C(=O)c2ccc(OC)cc2)C[C@H]1c1cccc(C(F)(F)F)c1. The zero-order valence-corrected chi connectivity index (χ0v) is 17.6. The van der Waals surface area contributed by atoms with Gasteiger partial charge < -0.3 is 14.5 Å². The predicted molar refractivity (Wildman–Crippen MR) is 110 cm³/mol. The Hall–Kier alpha value is -3.03. The van der Waals surface area contributed by atoms with Crippen LogP contribution in [0.25, 0.3) is 0 Å². The van der Waals surface area contributed by atoms with E-state index in [0.29, 0.717) is 23.4 Å². The minimum absolute atomic E-state index is 0.148. The Morgan fingerprint density at radius 2 is 1.81 bits per heavy atom. The van der Waals surface area contributed by atoms with Crippen LogP contribution in [-0.4, -0.2) is 55.4 Å². The fourth-order valence-corrected chi connectivity index (χ4v) is 3.86. The molecule has 2 amide bonds. The second-order valence-electron chi connectivity index (χ2n) is 7.63. The van der Waals surface area contributed by atoms with Crippen LogP contribution >= 0.6 is 0 Å². The van der Waals surface area contributed by atoms with E-state index >= 15 is 0 Å². The second-order valence-corrected chi connectivity index (χ2v) is 7.63. The molecule has 2 atom stereocenters. The number of benzene rings is 2. The number of likely N-dealkylation sites (tertiary alicyclic amines) is 1. The molecule has 31 heavy (non-hydrogen) atoms. The molecule has 1 saturated heterocycles. The molecule has 0 N–H and O–H groups in total. The van der Waals surface area contributed by atoms with E-state index < -0.39 is 23.6 Å². The standard InChI is InChI=1S/C23H25F3N2O3/c1-4-27(2)22(30)20-14-28(21(29)15-8-10-18(31-3)11-9-15)13-19(20)16-6-5-7-17(12-16)23(24,25)26/h5-12,19-20H,4,13-14H2,1-3H3/t19-,20-/m0/s1. The van der Waals surface area contributed by atoms with Crippen LogP contribution in [0, 0.1) is 5.92 Å². The molecule has 166 valence electrons. The van der Waals surface area contributed by atoms with E-state index in [4.69, 9.17) is 4.74 Å². The molecule has 0 unspecified atom stereocenters. The van der Waals surface area contributed by atoms with Gasteiger partial charge in [-0.3, -0.25) is 9.59 Å². The lowest BCUT2D eigenvalue weighted by molar-refractivity contribution is -0.137. The van der Waals surface area contributed by atoms with E-state index in [9.17, 15) is 22.8 Å². The van der Waals surface area contributed by atoms with E-state index in [2.05, 4.69) is 0 Å². The van der Waals surface area contributed by atoms with Crippen molar-refractivity contribution in [3.8, 4) is 5.75 Å². The van der Waals surface area contributed by atoms with E-state index in [0.717, 1.165) is 12.1 Å². The number of methoxy groups -OCH3 is 1. The molecule has 1 aliphatic heterocycles. The molecular formula is C23H25F3N2O3. The Morgan fingerprint density at radius 3 is 2.39 bits per heavy atom. The van der Waals surface area contributed by atoms with Gasteiger partial charge in [0.1, 0.15) is 5.75 Å². The molecular weight excluding hydrogens is 409 g/mol. The average molecular weight is 434 g/mol. The zero-order valence-electron chi connectivity index (χ0n) is 17.6. The quantitative estimate of drug-likeness (QED) is 0.714. The second kappa shape index (κ2) is 8.99. The number of amides is 2. The van der Waals surface area contributed by atoms with Crippen molar-refractivity contribution in [2.75, 3.05) is 33.8 Å². The lowest BCUT2D eigenvalue weighted by Crippen LogP contribution is -2.36. The lowest BCUT2D eigenvalue weighted by atomic mass is 9.87. The fraction of sp³-hybridized carbons (Fsp3) is 0.391. The molecule has 1 heterocycles. The first-order chi connectivity index (χ1) is 14.7. The maximum absolute atomic E-state index is 13.2. The van der Waals surface area contributed by atoms with Crippen molar-refractivity contribution in [3.05, 3.63) is 65.2 Å². The van der Waals surface area contributed by atoms with Crippen LogP contribution in [0.3, 0.4) is 0 Å². The smallest absolute Gasteiger partial charge is 0.416 e. The summed E-state index contributed by atoms with van der Waals surface area (Å²) in [6.07, 6.45) is -4.48. The van der Waals surface area contributed by atoms with Crippen LogP contribution < -0.4 is 4.74 Å². The molecule has 0 spiro atoms. The Kier molecular flexibility index (Phi) is 6.57. The van der Waals surface area contributed by atoms with Gasteiger partial charge in [-0.2, -0.15) is 13.2 Å². The molecule has 0 radical (unpaired) electrons. The summed E-state index contributed by atoms with van der Waals surface area (Å²) in [7, 11) is 3.18. The fourth-order valence-electron chi connectivity index (χ4n) is 3.86. The van der Waals surface area contributed by atoms with E-state index in [1.165, 1.54) is 18.1 Å². The highest BCUT2D eigenvalue weighted by Gasteiger charge is 2.42. The van der Waals surface area contributed by atoms with Gasteiger partial charge in [-0.25, -0.2) is 0 Å². The molecule has 2 aromatic carbocycles. The summed E-state index contributed by atoms with van der Waals surface area (Å²) in [4.78, 5) is 29.1. The molecule has 0 bridgehead atoms. The lowest BCUT2D eigenvalue weighted by Gasteiger charge is -2.23. The number of rotatable bonds is 5. The van der Waals surface area contributed by atoms with Gasteiger partial charge >= 0.3 is 6.18 Å². The van der Waals surface area contributed by atoms with Gasteiger partial charge in [-0.05, 0) is 42.8 Å². The molecule has 0 saturated carbocycles. The number of nitrogens with zero attached hydrogens (tertiary/aromatic N) is 2. The molecule has 3 rings (SSSR count). The monoisotopic (exact) mass is 434 g/mol. The highest BCUT2D eigenvalue weighted by molar-refractivity contribution is 5.95. The molecule has 1 aliphatic rings. The van der Waals surface area contributed by atoms with Crippen LogP contribution in [0.1, 0.15) is 34.3 Å². The van der Waals surface area contributed by atoms with E-state index in [1.807, 2.05) is 6.92 Å². The topological polar surface area (TPSA) is 49.9 Å². The van der Waals surface area contributed by atoms with Gasteiger partial charge in [0.2, 0.25) is 5.91 Å². The maximum atomic E-state index is 13.2. The summed E-state index contributed by atoms with van der Waals surface area (Å²) in [5.74, 6) is -0.983. The Labute approximate surface area is 179 Å². The van der Waals surface area contributed by atoms with Gasteiger partial charge in [0, 0.05) is 38.2 Å². The van der Waals surface area contributed by atoms with Gasteiger partial charge in [0.15, 0.2) is 0 Å². The Morgan fingerprint density at radius 1 is 1.13 bits per heavy atom. The highest BCUT2D eigenvalue weighted by atomic mass is 19.4. The van der Waals surface area contributed by atoms with Crippen LogP contribution in [-0.2, 0) is 11.0 Å². The number of halogens is 3. The number of ether oxygens (including phenoxy) is 1. The summed E-state index contributed by atoms with van der Waals surface area (Å²) in [6, 6.07) is 11.6. The first-order valence-electron chi connectivity index (χ1n) is 10.0. The number of hydrogen-bond donors (Lipinski definition) is 0. The number of carbonyl (C=O) groups is 2. The third kappa shape index (κ3) is 4.84. The van der Waals surface area contributed by atoms with Gasteiger partial charge in [-0.1, -0.05) is 18.2 Å². The third-order valence-corrected chi connectivity index (χ3v) is 5.75. The largest absolute Gasteiger partial charge is 0.497 e. The number of carbonyl (C=O) groups excluding carboxylic acids is 2. The summed E-state index contributed by atoms with van der Waals surface area (Å²) < 4.78 is 44.8. The van der Waals surface area contributed by atoms with Crippen molar-refractivity contribution in [2.24, 2.45) is 5.92 Å². The molecule has 2 aromatic rings. The summed E-state index contributed by atoms with van der Waals surface area (Å²) in [6.45, 7) is 2.61. The average Bonchev–Trinajstić information content (AvgIpc) is 3.22. The van der Waals surface area contributed by atoms with Crippen molar-refractivity contribution in [3.63, 3.8) is 0 Å². The van der Waals surface area contributed by atoms with Crippen LogP contribution in [0.2, 0.25) is 0 Å². The molecule has 1 fully saturated rings. The highest BCUT2D eigenvalue weighted by Crippen LogP contribution is 2.37. The van der Waals surface area contributed by atoms with Crippen LogP contribution in [0.15, 0.2) is 48.5 Å². The Balaban J connectivity index is 1.92. The maximum Gasteiger partial charge on any atom is 0.416 e. The molecule has 5 nitrogen and oxygen atoms in total. The summed E-state index contributed by atoms with van der Waals surface area (Å²) in [5.41, 5.74) is 0.0724. The number of hydrogen-bond acceptors (Lipinski definition) is 3. The molecule has 0 aliphatic carbocycles. The van der Waals surface area contributed by atoms with E-state index in [-0.39, 0.29) is 24.9 Å². The minimum atomic E-state index is -4.48. The van der Waals surface area contributed by atoms with Crippen molar-refractivity contribution < 1.29 is 27.5 Å². The third-order valence-electron chi connectivity index (χ3n) is 5.75. The van der Waals surface area contributed by atoms with Crippen molar-refractivity contribution in [1.82, 2.24) is 9.80 Å².